The highest BCUT2D eigenvalue weighted by molar-refractivity contribution is 5.89. The summed E-state index contributed by atoms with van der Waals surface area (Å²) in [6.45, 7) is 2.07. The Hall–Kier alpha value is -2.33. The Labute approximate surface area is 142 Å². The number of piperidine rings is 1. The Morgan fingerprint density at radius 2 is 1.54 bits per heavy atom. The van der Waals surface area contributed by atoms with Crippen molar-refractivity contribution >= 4 is 5.91 Å². The van der Waals surface area contributed by atoms with Crippen LogP contribution in [0.5, 0.6) is 11.5 Å². The van der Waals surface area contributed by atoms with Gasteiger partial charge in [0.25, 0.3) is 0 Å². The number of benzene rings is 2. The van der Waals surface area contributed by atoms with Crippen molar-refractivity contribution < 1.29 is 9.53 Å². The lowest BCUT2D eigenvalue weighted by Gasteiger charge is -2.32. The molecule has 2 aromatic rings. The summed E-state index contributed by atoms with van der Waals surface area (Å²) < 4.78 is 5.98. The minimum atomic E-state index is -0.300. The SMILES string of the molecule is CN1CCC(NC(=O)C2c3ccccc3Oc3ccccc32)CC1. The lowest BCUT2D eigenvalue weighted by atomic mass is 9.87. The molecule has 2 heterocycles. The number of hydrogen-bond acceptors (Lipinski definition) is 3. The minimum Gasteiger partial charge on any atom is -0.457 e. The molecule has 0 saturated carbocycles. The maximum atomic E-state index is 13.1. The molecule has 1 N–H and O–H groups in total. The van der Waals surface area contributed by atoms with Gasteiger partial charge in [0.15, 0.2) is 0 Å². The first kappa shape index (κ1) is 15.2. The van der Waals surface area contributed by atoms with E-state index in [0.717, 1.165) is 48.6 Å². The molecule has 0 radical (unpaired) electrons. The van der Waals surface area contributed by atoms with E-state index in [9.17, 15) is 4.79 Å². The Morgan fingerprint density at radius 3 is 2.12 bits per heavy atom. The van der Waals surface area contributed by atoms with E-state index in [-0.39, 0.29) is 17.9 Å². The van der Waals surface area contributed by atoms with E-state index >= 15 is 0 Å². The summed E-state index contributed by atoms with van der Waals surface area (Å²) in [5.74, 6) is 1.33. The lowest BCUT2D eigenvalue weighted by Crippen LogP contribution is -2.45. The van der Waals surface area contributed by atoms with Gasteiger partial charge in [-0.05, 0) is 45.1 Å². The number of amides is 1. The molecule has 0 bridgehead atoms. The fraction of sp³-hybridized carbons (Fsp3) is 0.350. The number of rotatable bonds is 2. The maximum absolute atomic E-state index is 13.1. The van der Waals surface area contributed by atoms with Crippen LogP contribution in [0.15, 0.2) is 48.5 Å². The molecule has 2 aliphatic heterocycles. The van der Waals surface area contributed by atoms with Crippen molar-refractivity contribution in [2.75, 3.05) is 20.1 Å². The van der Waals surface area contributed by atoms with Crippen LogP contribution in [0.1, 0.15) is 29.9 Å². The Kier molecular flexibility index (Phi) is 3.98. The third-order valence-electron chi connectivity index (χ3n) is 5.01. The third kappa shape index (κ3) is 2.78. The highest BCUT2D eigenvalue weighted by Gasteiger charge is 2.33. The monoisotopic (exact) mass is 322 g/mol. The number of para-hydroxylation sites is 2. The van der Waals surface area contributed by atoms with Gasteiger partial charge in [0.2, 0.25) is 5.91 Å². The first-order valence-corrected chi connectivity index (χ1v) is 8.57. The molecule has 1 amide bonds. The molecule has 124 valence electrons. The molecule has 1 saturated heterocycles. The zero-order valence-corrected chi connectivity index (χ0v) is 13.9. The van der Waals surface area contributed by atoms with Gasteiger partial charge in [0, 0.05) is 17.2 Å². The second-order valence-corrected chi connectivity index (χ2v) is 6.70. The quantitative estimate of drug-likeness (QED) is 0.923. The predicted octanol–water partition coefficient (Wildman–Crippen LogP) is 3.13. The van der Waals surface area contributed by atoms with Gasteiger partial charge < -0.3 is 15.0 Å². The fourth-order valence-corrected chi connectivity index (χ4v) is 3.63. The zero-order chi connectivity index (χ0) is 16.5. The lowest BCUT2D eigenvalue weighted by molar-refractivity contribution is -0.122. The van der Waals surface area contributed by atoms with Crippen LogP contribution >= 0.6 is 0 Å². The van der Waals surface area contributed by atoms with Crippen LogP contribution < -0.4 is 10.1 Å². The number of nitrogens with one attached hydrogen (secondary N) is 1. The van der Waals surface area contributed by atoms with Gasteiger partial charge in [-0.2, -0.15) is 0 Å². The van der Waals surface area contributed by atoms with E-state index in [1.165, 1.54) is 0 Å². The summed E-state index contributed by atoms with van der Waals surface area (Å²) in [5.41, 5.74) is 1.89. The highest BCUT2D eigenvalue weighted by Crippen LogP contribution is 2.43. The van der Waals surface area contributed by atoms with E-state index in [2.05, 4.69) is 17.3 Å². The average Bonchev–Trinajstić information content (AvgIpc) is 2.61. The maximum Gasteiger partial charge on any atom is 0.232 e. The van der Waals surface area contributed by atoms with E-state index in [4.69, 9.17) is 4.74 Å². The van der Waals surface area contributed by atoms with Crippen molar-refractivity contribution in [2.24, 2.45) is 0 Å². The van der Waals surface area contributed by atoms with Crippen LogP contribution in [0.2, 0.25) is 0 Å². The third-order valence-corrected chi connectivity index (χ3v) is 5.01. The molecule has 4 nitrogen and oxygen atoms in total. The van der Waals surface area contributed by atoms with Gasteiger partial charge in [-0.15, -0.1) is 0 Å². The smallest absolute Gasteiger partial charge is 0.232 e. The van der Waals surface area contributed by atoms with Crippen molar-refractivity contribution in [3.63, 3.8) is 0 Å². The van der Waals surface area contributed by atoms with Crippen LogP contribution in [-0.4, -0.2) is 37.0 Å². The van der Waals surface area contributed by atoms with E-state index < -0.39 is 0 Å². The molecule has 0 spiro atoms. The van der Waals surface area contributed by atoms with Gasteiger partial charge in [-0.3, -0.25) is 4.79 Å². The number of nitrogens with zero attached hydrogens (tertiary/aromatic N) is 1. The Balaban J connectivity index is 1.63. The fourth-order valence-electron chi connectivity index (χ4n) is 3.63. The number of likely N-dealkylation sites (tertiary alicyclic amines) is 1. The van der Waals surface area contributed by atoms with Crippen LogP contribution in [0.25, 0.3) is 0 Å². The molecule has 2 aromatic carbocycles. The minimum absolute atomic E-state index is 0.0766. The normalized spacial score (nSPS) is 18.4. The van der Waals surface area contributed by atoms with Gasteiger partial charge in [0.05, 0.1) is 5.92 Å². The van der Waals surface area contributed by atoms with Gasteiger partial charge in [-0.1, -0.05) is 36.4 Å². The molecule has 0 atom stereocenters. The molecule has 4 heteroatoms. The van der Waals surface area contributed by atoms with Crippen molar-refractivity contribution in [3.05, 3.63) is 59.7 Å². The van der Waals surface area contributed by atoms with Crippen molar-refractivity contribution in [3.8, 4) is 11.5 Å². The number of hydrogen-bond donors (Lipinski definition) is 1. The van der Waals surface area contributed by atoms with Crippen molar-refractivity contribution in [1.29, 1.82) is 0 Å². The summed E-state index contributed by atoms with van der Waals surface area (Å²) in [4.78, 5) is 15.4. The van der Waals surface area contributed by atoms with Crippen LogP contribution in [0, 0.1) is 0 Å². The molecule has 4 rings (SSSR count). The number of fused-ring (bicyclic) bond motifs is 2. The second kappa shape index (κ2) is 6.29. The molecular formula is C20H22N2O2. The molecule has 0 aromatic heterocycles. The Bertz CT molecular complexity index is 705. The molecule has 0 unspecified atom stereocenters. The summed E-state index contributed by atoms with van der Waals surface area (Å²) in [6.07, 6.45) is 2.02. The van der Waals surface area contributed by atoms with Gasteiger partial charge >= 0.3 is 0 Å². The molecule has 1 fully saturated rings. The number of carbonyl (C=O) groups excluding carboxylic acids is 1. The molecule has 24 heavy (non-hydrogen) atoms. The van der Waals surface area contributed by atoms with Gasteiger partial charge in [0.1, 0.15) is 11.5 Å². The van der Waals surface area contributed by atoms with Crippen LogP contribution in [0.3, 0.4) is 0 Å². The van der Waals surface area contributed by atoms with Crippen LogP contribution in [0.4, 0.5) is 0 Å². The summed E-state index contributed by atoms with van der Waals surface area (Å²) in [6, 6.07) is 15.9. The Morgan fingerprint density at radius 1 is 1.00 bits per heavy atom. The average molecular weight is 322 g/mol. The highest BCUT2D eigenvalue weighted by atomic mass is 16.5. The van der Waals surface area contributed by atoms with E-state index in [1.807, 2.05) is 48.5 Å². The molecule has 2 aliphatic rings. The van der Waals surface area contributed by atoms with Crippen molar-refractivity contribution in [2.45, 2.75) is 24.8 Å². The van der Waals surface area contributed by atoms with E-state index in [0.29, 0.717) is 0 Å². The first-order valence-electron chi connectivity index (χ1n) is 8.57. The van der Waals surface area contributed by atoms with Crippen LogP contribution in [-0.2, 0) is 4.79 Å². The second-order valence-electron chi connectivity index (χ2n) is 6.70. The molecular weight excluding hydrogens is 300 g/mol. The summed E-state index contributed by atoms with van der Waals surface area (Å²) in [5, 5.41) is 3.27. The first-order chi connectivity index (χ1) is 11.7. The topological polar surface area (TPSA) is 41.6 Å². The summed E-state index contributed by atoms with van der Waals surface area (Å²) in [7, 11) is 2.13. The van der Waals surface area contributed by atoms with Crippen molar-refractivity contribution in [1.82, 2.24) is 10.2 Å². The number of ether oxygens (including phenoxy) is 1. The standard InChI is InChI=1S/C20H22N2O2/c1-22-12-10-14(11-13-22)21-20(23)19-15-6-2-4-8-17(15)24-18-9-5-3-7-16(18)19/h2-9,14,19H,10-13H2,1H3,(H,21,23). The largest absolute Gasteiger partial charge is 0.457 e. The van der Waals surface area contributed by atoms with Gasteiger partial charge in [-0.25, -0.2) is 0 Å². The summed E-state index contributed by atoms with van der Waals surface area (Å²) >= 11 is 0. The zero-order valence-electron chi connectivity index (χ0n) is 13.9. The number of carbonyl (C=O) groups is 1. The predicted molar refractivity (Wildman–Crippen MR) is 93.5 cm³/mol. The molecule has 0 aliphatic carbocycles. The van der Waals surface area contributed by atoms with E-state index in [1.54, 1.807) is 0 Å².